The lowest BCUT2D eigenvalue weighted by Crippen LogP contribution is -2.37. The second kappa shape index (κ2) is 9.36. The van der Waals surface area contributed by atoms with E-state index in [1.807, 2.05) is 24.0 Å². The fourth-order valence-electron chi connectivity index (χ4n) is 2.73. The maximum absolute atomic E-state index is 12.7. The van der Waals surface area contributed by atoms with Crippen LogP contribution in [-0.2, 0) is 4.79 Å². The highest BCUT2D eigenvalue weighted by Gasteiger charge is 2.17. The number of aromatic nitrogens is 1. The Labute approximate surface area is 150 Å². The molecule has 1 fully saturated rings. The lowest BCUT2D eigenvalue weighted by atomic mass is 10.2. The molecule has 0 unspecified atom stereocenters. The molecular formula is C18H29N5O2. The summed E-state index contributed by atoms with van der Waals surface area (Å²) >= 11 is 0. The zero-order valence-corrected chi connectivity index (χ0v) is 15.5. The van der Waals surface area contributed by atoms with Crippen molar-refractivity contribution in [3.63, 3.8) is 0 Å². The van der Waals surface area contributed by atoms with Crippen molar-refractivity contribution in [3.05, 3.63) is 23.9 Å². The van der Waals surface area contributed by atoms with Crippen molar-refractivity contribution in [1.29, 1.82) is 0 Å². The van der Waals surface area contributed by atoms with Gasteiger partial charge in [0.1, 0.15) is 5.82 Å². The van der Waals surface area contributed by atoms with Gasteiger partial charge in [0.05, 0.1) is 5.56 Å². The predicted molar refractivity (Wildman–Crippen MR) is 98.8 cm³/mol. The van der Waals surface area contributed by atoms with Crippen LogP contribution in [0.3, 0.4) is 0 Å². The van der Waals surface area contributed by atoms with Gasteiger partial charge in [-0.1, -0.05) is 6.92 Å². The molecule has 1 saturated heterocycles. The topological polar surface area (TPSA) is 68.8 Å². The number of rotatable bonds is 7. The third-order valence-electron chi connectivity index (χ3n) is 4.59. The van der Waals surface area contributed by atoms with Gasteiger partial charge < -0.3 is 20.0 Å². The SMILES string of the molecule is CCN(C)CCN(CC)C(=O)c1ccc(N2CCNC(=O)CC2)nc1. The van der Waals surface area contributed by atoms with Crippen molar-refractivity contribution < 1.29 is 9.59 Å². The van der Waals surface area contributed by atoms with E-state index in [0.717, 1.165) is 25.5 Å². The molecule has 1 aliphatic rings. The molecule has 2 rings (SSSR count). The monoisotopic (exact) mass is 347 g/mol. The van der Waals surface area contributed by atoms with Gasteiger partial charge in [0.2, 0.25) is 5.91 Å². The van der Waals surface area contributed by atoms with Gasteiger partial charge in [0.15, 0.2) is 0 Å². The van der Waals surface area contributed by atoms with Crippen LogP contribution in [0.15, 0.2) is 18.3 Å². The first-order valence-electron chi connectivity index (χ1n) is 9.00. The first-order valence-corrected chi connectivity index (χ1v) is 9.00. The third-order valence-corrected chi connectivity index (χ3v) is 4.59. The molecule has 1 aliphatic heterocycles. The molecule has 7 nitrogen and oxygen atoms in total. The Kier molecular flexibility index (Phi) is 7.18. The molecule has 1 N–H and O–H groups in total. The Morgan fingerprint density at radius 2 is 2.04 bits per heavy atom. The first-order chi connectivity index (χ1) is 12.0. The van der Waals surface area contributed by atoms with Gasteiger partial charge in [-0.25, -0.2) is 4.98 Å². The minimum absolute atomic E-state index is 0.0127. The molecule has 0 aromatic carbocycles. The van der Waals surface area contributed by atoms with Gasteiger partial charge in [0, 0.05) is 51.9 Å². The largest absolute Gasteiger partial charge is 0.354 e. The van der Waals surface area contributed by atoms with Crippen molar-refractivity contribution in [2.75, 3.05) is 57.8 Å². The molecular weight excluding hydrogens is 318 g/mol. The maximum Gasteiger partial charge on any atom is 0.255 e. The molecule has 0 atom stereocenters. The molecule has 0 aliphatic carbocycles. The van der Waals surface area contributed by atoms with Crippen LogP contribution in [0.5, 0.6) is 0 Å². The summed E-state index contributed by atoms with van der Waals surface area (Å²) in [5.74, 6) is 0.894. The van der Waals surface area contributed by atoms with E-state index in [9.17, 15) is 9.59 Å². The molecule has 0 saturated carbocycles. The molecule has 0 spiro atoms. The highest BCUT2D eigenvalue weighted by atomic mass is 16.2. The Morgan fingerprint density at radius 1 is 1.24 bits per heavy atom. The van der Waals surface area contributed by atoms with Crippen LogP contribution < -0.4 is 10.2 Å². The van der Waals surface area contributed by atoms with Crippen molar-refractivity contribution >= 4 is 17.6 Å². The average Bonchev–Trinajstić information content (AvgIpc) is 2.86. The summed E-state index contributed by atoms with van der Waals surface area (Å²) in [4.78, 5) is 34.6. The molecule has 25 heavy (non-hydrogen) atoms. The fraction of sp³-hybridized carbons (Fsp3) is 0.611. The van der Waals surface area contributed by atoms with Gasteiger partial charge in [-0.05, 0) is 32.6 Å². The van der Waals surface area contributed by atoms with E-state index in [-0.39, 0.29) is 11.8 Å². The standard InChI is InChI=1S/C18H29N5O2/c1-4-21(3)12-13-22(5-2)18(25)15-6-7-16(20-14-15)23-10-8-17(24)19-9-11-23/h6-7,14H,4-5,8-13H2,1-3H3,(H,19,24). The Hall–Kier alpha value is -2.15. The van der Waals surface area contributed by atoms with Gasteiger partial charge in [-0.3, -0.25) is 9.59 Å². The quantitative estimate of drug-likeness (QED) is 0.791. The zero-order valence-electron chi connectivity index (χ0n) is 15.5. The van der Waals surface area contributed by atoms with Crippen LogP contribution in [0, 0.1) is 0 Å². The number of nitrogens with zero attached hydrogens (tertiary/aromatic N) is 4. The highest BCUT2D eigenvalue weighted by molar-refractivity contribution is 5.94. The number of hydrogen-bond donors (Lipinski definition) is 1. The van der Waals surface area contributed by atoms with Gasteiger partial charge in [-0.2, -0.15) is 0 Å². The number of hydrogen-bond acceptors (Lipinski definition) is 5. The van der Waals surface area contributed by atoms with E-state index in [0.29, 0.717) is 38.2 Å². The van der Waals surface area contributed by atoms with E-state index in [1.165, 1.54) is 0 Å². The highest BCUT2D eigenvalue weighted by Crippen LogP contribution is 2.14. The third kappa shape index (κ3) is 5.42. The Morgan fingerprint density at radius 3 is 2.68 bits per heavy atom. The number of carbonyl (C=O) groups is 2. The second-order valence-corrected chi connectivity index (χ2v) is 6.27. The van der Waals surface area contributed by atoms with Crippen molar-refractivity contribution in [3.8, 4) is 0 Å². The zero-order chi connectivity index (χ0) is 18.2. The molecule has 2 amide bonds. The normalized spacial score (nSPS) is 15.0. The molecule has 0 bridgehead atoms. The molecule has 138 valence electrons. The van der Waals surface area contributed by atoms with Gasteiger partial charge >= 0.3 is 0 Å². The Bertz CT molecular complexity index is 575. The smallest absolute Gasteiger partial charge is 0.255 e. The second-order valence-electron chi connectivity index (χ2n) is 6.27. The summed E-state index contributed by atoms with van der Waals surface area (Å²) < 4.78 is 0. The lowest BCUT2D eigenvalue weighted by molar-refractivity contribution is -0.120. The first kappa shape index (κ1) is 19.2. The Balaban J connectivity index is 1.99. The van der Waals surface area contributed by atoms with E-state index < -0.39 is 0 Å². The van der Waals surface area contributed by atoms with Crippen LogP contribution in [0.1, 0.15) is 30.6 Å². The van der Waals surface area contributed by atoms with E-state index in [2.05, 4.69) is 34.1 Å². The van der Waals surface area contributed by atoms with Crippen molar-refractivity contribution in [2.24, 2.45) is 0 Å². The molecule has 0 radical (unpaired) electrons. The number of nitrogens with one attached hydrogen (secondary N) is 1. The molecule has 1 aromatic rings. The summed E-state index contributed by atoms with van der Waals surface area (Å²) in [6.07, 6.45) is 2.11. The van der Waals surface area contributed by atoms with E-state index >= 15 is 0 Å². The number of carbonyl (C=O) groups excluding carboxylic acids is 2. The molecule has 1 aromatic heterocycles. The van der Waals surface area contributed by atoms with E-state index in [4.69, 9.17) is 0 Å². The summed E-state index contributed by atoms with van der Waals surface area (Å²) in [5, 5.41) is 2.85. The van der Waals surface area contributed by atoms with Crippen LogP contribution in [-0.4, -0.2) is 79.5 Å². The number of anilines is 1. The molecule has 2 heterocycles. The van der Waals surface area contributed by atoms with Crippen molar-refractivity contribution in [2.45, 2.75) is 20.3 Å². The minimum Gasteiger partial charge on any atom is -0.354 e. The van der Waals surface area contributed by atoms with Crippen LogP contribution in [0.25, 0.3) is 0 Å². The van der Waals surface area contributed by atoms with E-state index in [1.54, 1.807) is 6.20 Å². The number of pyridine rings is 1. The number of likely N-dealkylation sites (N-methyl/N-ethyl adjacent to an activating group) is 2. The van der Waals surface area contributed by atoms with Gasteiger partial charge in [-0.15, -0.1) is 0 Å². The summed E-state index contributed by atoms with van der Waals surface area (Å²) in [5.41, 5.74) is 0.605. The fourth-order valence-corrected chi connectivity index (χ4v) is 2.73. The van der Waals surface area contributed by atoms with Gasteiger partial charge in [0.25, 0.3) is 5.91 Å². The summed E-state index contributed by atoms with van der Waals surface area (Å²) in [6.45, 7) is 9.31. The van der Waals surface area contributed by atoms with Crippen LogP contribution in [0.2, 0.25) is 0 Å². The summed E-state index contributed by atoms with van der Waals surface area (Å²) in [7, 11) is 2.05. The average molecular weight is 347 g/mol. The predicted octanol–water partition coefficient (Wildman–Crippen LogP) is 0.822. The van der Waals surface area contributed by atoms with Crippen LogP contribution >= 0.6 is 0 Å². The van der Waals surface area contributed by atoms with Crippen LogP contribution in [0.4, 0.5) is 5.82 Å². The molecule has 7 heteroatoms. The number of amides is 2. The maximum atomic E-state index is 12.7. The lowest BCUT2D eigenvalue weighted by Gasteiger charge is -2.24. The minimum atomic E-state index is 0.0127. The van der Waals surface area contributed by atoms with Crippen molar-refractivity contribution in [1.82, 2.24) is 20.1 Å². The summed E-state index contributed by atoms with van der Waals surface area (Å²) in [6, 6.07) is 3.70.